The van der Waals surface area contributed by atoms with Crippen LogP contribution in [0.4, 0.5) is 11.5 Å². The number of hydrogen-bond donors (Lipinski definition) is 1. The predicted molar refractivity (Wildman–Crippen MR) is 43.0 cm³/mol. The maximum Gasteiger partial charge on any atom is 0.275 e. The number of nitro groups is 1. The van der Waals surface area contributed by atoms with Crippen LogP contribution in [0.25, 0.3) is 0 Å². The summed E-state index contributed by atoms with van der Waals surface area (Å²) in [6.45, 7) is 0. The first kappa shape index (κ1) is 7.93. The quantitative estimate of drug-likeness (QED) is 0.438. The van der Waals surface area contributed by atoms with Gasteiger partial charge in [0, 0.05) is 6.07 Å². The molecule has 11 heavy (non-hydrogen) atoms. The van der Waals surface area contributed by atoms with Gasteiger partial charge in [0.25, 0.3) is 5.69 Å². The van der Waals surface area contributed by atoms with E-state index >= 15 is 0 Å². The molecule has 0 aliphatic heterocycles. The number of nitrogens with two attached hydrogens (primary N) is 1. The highest BCUT2D eigenvalue weighted by Crippen LogP contribution is 2.18. The maximum absolute atomic E-state index is 10.2. The second-order valence-electron chi connectivity index (χ2n) is 1.83. The lowest BCUT2D eigenvalue weighted by Gasteiger charge is -1.93. The minimum Gasteiger partial charge on any atom is -0.383 e. The van der Waals surface area contributed by atoms with Crippen molar-refractivity contribution < 1.29 is 4.92 Å². The first-order chi connectivity index (χ1) is 5.09. The van der Waals surface area contributed by atoms with Gasteiger partial charge in [0.1, 0.15) is 10.4 Å². The van der Waals surface area contributed by atoms with Crippen molar-refractivity contribution in [1.82, 2.24) is 4.98 Å². The van der Waals surface area contributed by atoms with Crippen LogP contribution in [0.15, 0.2) is 16.7 Å². The third kappa shape index (κ3) is 1.87. The Bertz CT molecular complexity index is 282. The van der Waals surface area contributed by atoms with Gasteiger partial charge in [-0.25, -0.2) is 4.98 Å². The number of hydrogen-bond acceptors (Lipinski definition) is 4. The molecular formula is C5H4BrN3O2. The van der Waals surface area contributed by atoms with Crippen LogP contribution < -0.4 is 5.73 Å². The molecule has 0 aliphatic rings. The van der Waals surface area contributed by atoms with E-state index in [1.165, 1.54) is 12.1 Å². The van der Waals surface area contributed by atoms with Gasteiger partial charge in [0.05, 0.1) is 11.0 Å². The summed E-state index contributed by atoms with van der Waals surface area (Å²) in [7, 11) is 0. The van der Waals surface area contributed by atoms with Crippen LogP contribution in [0, 0.1) is 10.1 Å². The van der Waals surface area contributed by atoms with Gasteiger partial charge in [0.2, 0.25) is 0 Å². The molecule has 0 bridgehead atoms. The molecule has 2 N–H and O–H groups in total. The Morgan fingerprint density at radius 3 is 2.73 bits per heavy atom. The molecule has 1 rings (SSSR count). The van der Waals surface area contributed by atoms with Crippen LogP contribution in [0.5, 0.6) is 0 Å². The van der Waals surface area contributed by atoms with E-state index in [0.717, 1.165) is 0 Å². The van der Waals surface area contributed by atoms with Crippen molar-refractivity contribution in [2.45, 2.75) is 0 Å². The molecule has 0 spiro atoms. The fourth-order valence-electron chi connectivity index (χ4n) is 0.609. The largest absolute Gasteiger partial charge is 0.383 e. The van der Waals surface area contributed by atoms with Crippen molar-refractivity contribution >= 4 is 27.4 Å². The topological polar surface area (TPSA) is 82.0 Å². The fraction of sp³-hybridized carbons (Fsp3) is 0. The third-order valence-corrected chi connectivity index (χ3v) is 1.42. The molecule has 0 unspecified atom stereocenters. The molecule has 0 aromatic carbocycles. The number of nitrogen functional groups attached to an aromatic ring is 1. The number of halogens is 1. The molecular weight excluding hydrogens is 214 g/mol. The van der Waals surface area contributed by atoms with Crippen molar-refractivity contribution in [2.75, 3.05) is 5.73 Å². The lowest BCUT2D eigenvalue weighted by atomic mass is 10.4. The Hall–Kier alpha value is -1.17. The Morgan fingerprint density at radius 2 is 2.27 bits per heavy atom. The molecule has 1 heterocycles. The van der Waals surface area contributed by atoms with E-state index in [-0.39, 0.29) is 11.5 Å². The maximum atomic E-state index is 10.2. The molecule has 5 nitrogen and oxygen atoms in total. The van der Waals surface area contributed by atoms with Gasteiger partial charge in [0.15, 0.2) is 0 Å². The lowest BCUT2D eigenvalue weighted by Crippen LogP contribution is -1.94. The van der Waals surface area contributed by atoms with E-state index in [4.69, 9.17) is 5.73 Å². The average molecular weight is 218 g/mol. The lowest BCUT2D eigenvalue weighted by molar-refractivity contribution is -0.384. The van der Waals surface area contributed by atoms with Crippen LogP contribution in [0.3, 0.4) is 0 Å². The first-order valence-electron chi connectivity index (χ1n) is 2.67. The minimum atomic E-state index is -0.525. The van der Waals surface area contributed by atoms with Gasteiger partial charge in [-0.1, -0.05) is 0 Å². The van der Waals surface area contributed by atoms with Gasteiger partial charge in [-0.15, -0.1) is 0 Å². The number of pyridine rings is 1. The number of aromatic nitrogens is 1. The smallest absolute Gasteiger partial charge is 0.275 e. The minimum absolute atomic E-state index is 0.0654. The van der Waals surface area contributed by atoms with Gasteiger partial charge < -0.3 is 5.73 Å². The van der Waals surface area contributed by atoms with E-state index in [0.29, 0.717) is 4.60 Å². The zero-order valence-corrected chi connectivity index (χ0v) is 6.91. The molecule has 1 aromatic heterocycles. The normalized spacial score (nSPS) is 9.55. The molecule has 0 fully saturated rings. The second kappa shape index (κ2) is 2.83. The van der Waals surface area contributed by atoms with Crippen LogP contribution in [-0.2, 0) is 0 Å². The van der Waals surface area contributed by atoms with Gasteiger partial charge in [-0.3, -0.25) is 10.1 Å². The zero-order valence-electron chi connectivity index (χ0n) is 5.32. The van der Waals surface area contributed by atoms with E-state index in [2.05, 4.69) is 20.9 Å². The Balaban J connectivity index is 3.19. The molecule has 0 saturated carbocycles. The second-order valence-corrected chi connectivity index (χ2v) is 2.64. The van der Waals surface area contributed by atoms with Gasteiger partial charge in [-0.2, -0.15) is 0 Å². The summed E-state index contributed by atoms with van der Waals surface area (Å²) in [5.41, 5.74) is 5.19. The van der Waals surface area contributed by atoms with E-state index < -0.39 is 4.92 Å². The number of nitrogens with zero attached hydrogens (tertiary/aromatic N) is 2. The highest BCUT2D eigenvalue weighted by Gasteiger charge is 2.07. The third-order valence-electron chi connectivity index (χ3n) is 1.01. The summed E-state index contributed by atoms with van der Waals surface area (Å²) in [4.78, 5) is 13.4. The molecule has 58 valence electrons. The Kier molecular flexibility index (Phi) is 2.04. The van der Waals surface area contributed by atoms with Crippen LogP contribution in [-0.4, -0.2) is 9.91 Å². The Labute approximate surface area is 70.5 Å². The predicted octanol–water partition coefficient (Wildman–Crippen LogP) is 1.33. The van der Waals surface area contributed by atoms with Crippen molar-refractivity contribution in [1.29, 1.82) is 0 Å². The fourth-order valence-corrected chi connectivity index (χ4v) is 1.05. The summed E-state index contributed by atoms with van der Waals surface area (Å²) in [5.74, 6) is 0.131. The van der Waals surface area contributed by atoms with E-state index in [1.807, 2.05) is 0 Å². The van der Waals surface area contributed by atoms with Crippen molar-refractivity contribution in [3.63, 3.8) is 0 Å². The molecule has 6 heteroatoms. The highest BCUT2D eigenvalue weighted by molar-refractivity contribution is 9.10. The summed E-state index contributed by atoms with van der Waals surface area (Å²) in [5, 5.41) is 10.2. The standard InChI is InChI=1S/C5H4BrN3O2/c6-4-1-3(9(10)11)2-5(7)8-4/h1-2H,(H2,7,8). The average Bonchev–Trinajstić information content (AvgIpc) is 1.85. The zero-order chi connectivity index (χ0) is 8.43. The SMILES string of the molecule is Nc1cc([N+](=O)[O-])cc(Br)n1. The molecule has 0 atom stereocenters. The van der Waals surface area contributed by atoms with E-state index in [1.54, 1.807) is 0 Å². The highest BCUT2D eigenvalue weighted by atomic mass is 79.9. The molecule has 0 amide bonds. The number of rotatable bonds is 1. The summed E-state index contributed by atoms with van der Waals surface area (Å²) in [6, 6.07) is 2.49. The first-order valence-corrected chi connectivity index (χ1v) is 3.46. The monoisotopic (exact) mass is 217 g/mol. The molecule has 1 aromatic rings. The molecule has 0 saturated heterocycles. The van der Waals surface area contributed by atoms with Gasteiger partial charge in [-0.05, 0) is 15.9 Å². The summed E-state index contributed by atoms with van der Waals surface area (Å²) < 4.78 is 0.365. The van der Waals surface area contributed by atoms with Crippen molar-refractivity contribution in [3.05, 3.63) is 26.9 Å². The van der Waals surface area contributed by atoms with Gasteiger partial charge >= 0.3 is 0 Å². The van der Waals surface area contributed by atoms with E-state index in [9.17, 15) is 10.1 Å². The van der Waals surface area contributed by atoms with Crippen molar-refractivity contribution in [2.24, 2.45) is 0 Å². The summed E-state index contributed by atoms with van der Waals surface area (Å²) in [6.07, 6.45) is 0. The van der Waals surface area contributed by atoms with Crippen LogP contribution in [0.1, 0.15) is 0 Å². The molecule has 0 radical (unpaired) electrons. The Morgan fingerprint density at radius 1 is 1.64 bits per heavy atom. The van der Waals surface area contributed by atoms with Crippen molar-refractivity contribution in [3.8, 4) is 0 Å². The molecule has 0 aliphatic carbocycles. The number of anilines is 1. The van der Waals surface area contributed by atoms with Crippen LogP contribution in [0.2, 0.25) is 0 Å². The summed E-state index contributed by atoms with van der Waals surface area (Å²) >= 11 is 2.99. The van der Waals surface area contributed by atoms with Crippen LogP contribution >= 0.6 is 15.9 Å².